The molecular formula is C14H19FN2O2. The van der Waals surface area contributed by atoms with Crippen LogP contribution in [-0.4, -0.2) is 37.0 Å². The highest BCUT2D eigenvalue weighted by Crippen LogP contribution is 2.20. The predicted molar refractivity (Wildman–Crippen MR) is 70.3 cm³/mol. The second-order valence-electron chi connectivity index (χ2n) is 4.95. The number of ether oxygens (including phenoxy) is 1. The van der Waals surface area contributed by atoms with E-state index in [0.717, 1.165) is 25.9 Å². The number of primary amides is 1. The number of likely N-dealkylation sites (tertiary alicyclic amines) is 1. The molecule has 1 aliphatic rings. The van der Waals surface area contributed by atoms with Crippen LogP contribution in [0.25, 0.3) is 0 Å². The molecule has 4 nitrogen and oxygen atoms in total. The Morgan fingerprint density at radius 2 is 2.26 bits per heavy atom. The molecule has 1 heterocycles. The Kier molecular flexibility index (Phi) is 4.74. The van der Waals surface area contributed by atoms with Crippen molar-refractivity contribution in [2.75, 3.05) is 26.2 Å². The van der Waals surface area contributed by atoms with Crippen LogP contribution in [0.15, 0.2) is 24.3 Å². The lowest BCUT2D eigenvalue weighted by Crippen LogP contribution is -2.42. The van der Waals surface area contributed by atoms with Gasteiger partial charge in [-0.3, -0.25) is 9.69 Å². The van der Waals surface area contributed by atoms with E-state index in [1.165, 1.54) is 6.07 Å². The second kappa shape index (κ2) is 6.52. The Morgan fingerprint density at radius 3 is 3.00 bits per heavy atom. The molecule has 1 saturated heterocycles. The summed E-state index contributed by atoms with van der Waals surface area (Å²) in [6.45, 7) is 2.42. The van der Waals surface area contributed by atoms with Gasteiger partial charge in [-0.15, -0.1) is 0 Å². The van der Waals surface area contributed by atoms with Crippen molar-refractivity contribution in [1.82, 2.24) is 4.90 Å². The fourth-order valence-corrected chi connectivity index (χ4v) is 2.42. The number of para-hydroxylation sites is 1. The number of nitrogens with zero attached hydrogens (tertiary/aromatic N) is 1. The number of hydrogen-bond acceptors (Lipinski definition) is 3. The number of carbonyl (C=O) groups is 1. The average molecular weight is 266 g/mol. The van der Waals surface area contributed by atoms with E-state index in [9.17, 15) is 9.18 Å². The molecule has 0 aromatic heterocycles. The zero-order valence-corrected chi connectivity index (χ0v) is 10.8. The molecule has 1 aromatic carbocycles. The molecule has 1 atom stereocenters. The number of rotatable bonds is 5. The van der Waals surface area contributed by atoms with Gasteiger partial charge in [-0.2, -0.15) is 0 Å². The van der Waals surface area contributed by atoms with Crippen LogP contribution in [0.4, 0.5) is 4.39 Å². The summed E-state index contributed by atoms with van der Waals surface area (Å²) in [4.78, 5) is 12.9. The minimum atomic E-state index is -0.340. The number of carbonyl (C=O) groups excluding carboxylic acids is 1. The van der Waals surface area contributed by atoms with Crippen molar-refractivity contribution in [2.24, 2.45) is 11.7 Å². The summed E-state index contributed by atoms with van der Waals surface area (Å²) in [6, 6.07) is 6.39. The topological polar surface area (TPSA) is 55.6 Å². The van der Waals surface area contributed by atoms with E-state index in [-0.39, 0.29) is 24.0 Å². The van der Waals surface area contributed by atoms with Gasteiger partial charge in [-0.1, -0.05) is 12.1 Å². The van der Waals surface area contributed by atoms with Crippen molar-refractivity contribution in [3.63, 3.8) is 0 Å². The quantitative estimate of drug-likeness (QED) is 0.876. The summed E-state index contributed by atoms with van der Waals surface area (Å²) in [7, 11) is 0. The maximum atomic E-state index is 13.4. The van der Waals surface area contributed by atoms with E-state index in [4.69, 9.17) is 10.5 Å². The minimum absolute atomic E-state index is 0.287. The molecule has 0 bridgehead atoms. The normalized spacial score (nSPS) is 20.2. The Balaban J connectivity index is 1.82. The zero-order chi connectivity index (χ0) is 13.7. The molecule has 0 saturated carbocycles. The highest BCUT2D eigenvalue weighted by atomic mass is 19.1. The van der Waals surface area contributed by atoms with Gasteiger partial charge in [0, 0.05) is 12.5 Å². The standard InChI is InChI=1S/C14H19FN2O2/c15-12-5-1-2-6-13(12)19-10-11-4-3-7-17(8-11)9-14(16)18/h1-2,5-6,11H,3-4,7-10H2,(H2,16,18)/t11-/m0/s1. The molecule has 19 heavy (non-hydrogen) atoms. The van der Waals surface area contributed by atoms with Gasteiger partial charge in [-0.25, -0.2) is 4.39 Å². The van der Waals surface area contributed by atoms with Gasteiger partial charge in [0.1, 0.15) is 0 Å². The van der Waals surface area contributed by atoms with Gasteiger partial charge in [-0.05, 0) is 31.5 Å². The summed E-state index contributed by atoms with van der Waals surface area (Å²) in [5.74, 6) is -0.0507. The third-order valence-electron chi connectivity index (χ3n) is 3.29. The molecule has 2 rings (SSSR count). The first-order valence-corrected chi connectivity index (χ1v) is 6.53. The lowest BCUT2D eigenvalue weighted by molar-refractivity contribution is -0.119. The van der Waals surface area contributed by atoms with Gasteiger partial charge in [0.2, 0.25) is 5.91 Å². The minimum Gasteiger partial charge on any atom is -0.490 e. The highest BCUT2D eigenvalue weighted by Gasteiger charge is 2.21. The first-order valence-electron chi connectivity index (χ1n) is 6.53. The molecule has 104 valence electrons. The van der Waals surface area contributed by atoms with Crippen LogP contribution in [0.2, 0.25) is 0 Å². The molecule has 1 aliphatic heterocycles. The summed E-state index contributed by atoms with van der Waals surface area (Å²) in [5, 5.41) is 0. The average Bonchev–Trinajstić information content (AvgIpc) is 2.37. The SMILES string of the molecule is NC(=O)CN1CCC[C@H](COc2ccccc2F)C1. The highest BCUT2D eigenvalue weighted by molar-refractivity contribution is 5.75. The van der Waals surface area contributed by atoms with E-state index in [2.05, 4.69) is 0 Å². The summed E-state index contributed by atoms with van der Waals surface area (Å²) < 4.78 is 18.9. The summed E-state index contributed by atoms with van der Waals surface area (Å²) in [6.07, 6.45) is 2.04. The van der Waals surface area contributed by atoms with Crippen LogP contribution in [-0.2, 0) is 4.79 Å². The van der Waals surface area contributed by atoms with Crippen LogP contribution in [0, 0.1) is 11.7 Å². The van der Waals surface area contributed by atoms with Gasteiger partial charge >= 0.3 is 0 Å². The molecule has 5 heteroatoms. The lowest BCUT2D eigenvalue weighted by Gasteiger charge is -2.31. The number of hydrogen-bond donors (Lipinski definition) is 1. The third-order valence-corrected chi connectivity index (χ3v) is 3.29. The Bertz CT molecular complexity index is 439. The number of amides is 1. The maximum absolute atomic E-state index is 13.4. The Labute approximate surface area is 112 Å². The predicted octanol–water partition coefficient (Wildman–Crippen LogP) is 1.40. The van der Waals surface area contributed by atoms with Crippen molar-refractivity contribution in [3.8, 4) is 5.75 Å². The third kappa shape index (κ3) is 4.21. The van der Waals surface area contributed by atoms with Crippen LogP contribution in [0.1, 0.15) is 12.8 Å². The van der Waals surface area contributed by atoms with Crippen molar-refractivity contribution in [2.45, 2.75) is 12.8 Å². The van der Waals surface area contributed by atoms with Crippen molar-refractivity contribution >= 4 is 5.91 Å². The number of halogens is 1. The Hall–Kier alpha value is -1.62. The van der Waals surface area contributed by atoms with Crippen LogP contribution < -0.4 is 10.5 Å². The van der Waals surface area contributed by atoms with E-state index in [1.807, 2.05) is 4.90 Å². The number of benzene rings is 1. The van der Waals surface area contributed by atoms with Gasteiger partial charge in [0.05, 0.1) is 13.2 Å². The first-order chi connectivity index (χ1) is 9.15. The fraction of sp³-hybridized carbons (Fsp3) is 0.500. The van der Waals surface area contributed by atoms with Crippen LogP contribution >= 0.6 is 0 Å². The summed E-state index contributed by atoms with van der Waals surface area (Å²) in [5.41, 5.74) is 5.19. The Morgan fingerprint density at radius 1 is 1.47 bits per heavy atom. The number of nitrogens with two attached hydrogens (primary N) is 1. The number of piperidine rings is 1. The maximum Gasteiger partial charge on any atom is 0.231 e. The fourth-order valence-electron chi connectivity index (χ4n) is 2.42. The van der Waals surface area contributed by atoms with E-state index in [0.29, 0.717) is 12.5 Å². The largest absolute Gasteiger partial charge is 0.490 e. The van der Waals surface area contributed by atoms with Crippen molar-refractivity contribution in [1.29, 1.82) is 0 Å². The smallest absolute Gasteiger partial charge is 0.231 e. The molecule has 0 spiro atoms. The van der Waals surface area contributed by atoms with Crippen molar-refractivity contribution in [3.05, 3.63) is 30.1 Å². The van der Waals surface area contributed by atoms with Gasteiger partial charge in [0.15, 0.2) is 11.6 Å². The molecule has 0 aliphatic carbocycles. The zero-order valence-electron chi connectivity index (χ0n) is 10.8. The molecule has 1 fully saturated rings. The van der Waals surface area contributed by atoms with Gasteiger partial charge in [0.25, 0.3) is 0 Å². The second-order valence-corrected chi connectivity index (χ2v) is 4.95. The van der Waals surface area contributed by atoms with Crippen LogP contribution in [0.5, 0.6) is 5.75 Å². The van der Waals surface area contributed by atoms with Crippen LogP contribution in [0.3, 0.4) is 0 Å². The molecule has 1 amide bonds. The van der Waals surface area contributed by atoms with Crippen molar-refractivity contribution < 1.29 is 13.9 Å². The first kappa shape index (κ1) is 13.8. The van der Waals surface area contributed by atoms with E-state index in [1.54, 1.807) is 18.2 Å². The monoisotopic (exact) mass is 266 g/mol. The van der Waals surface area contributed by atoms with E-state index >= 15 is 0 Å². The molecule has 2 N–H and O–H groups in total. The molecule has 0 unspecified atom stereocenters. The lowest BCUT2D eigenvalue weighted by atomic mass is 9.99. The molecule has 1 aromatic rings. The van der Waals surface area contributed by atoms with Gasteiger partial charge < -0.3 is 10.5 Å². The van der Waals surface area contributed by atoms with E-state index < -0.39 is 0 Å². The summed E-state index contributed by atoms with van der Waals surface area (Å²) >= 11 is 0. The molecular weight excluding hydrogens is 247 g/mol. The molecule has 0 radical (unpaired) electrons.